The van der Waals surface area contributed by atoms with E-state index in [1.54, 1.807) is 0 Å². The van der Waals surface area contributed by atoms with Gasteiger partial charge in [0.2, 0.25) is 0 Å². The molecule has 0 radical (unpaired) electrons. The Morgan fingerprint density at radius 2 is 1.05 bits per heavy atom. The SMILES string of the molecule is CCCCCCCCCCCCCC(=O)O[C@H](COC(=O)CCCCCCCCC)COP(=O)(O)OC[C@H](N)C(=O)O. The largest absolute Gasteiger partial charge is 0.480 e. The van der Waals surface area contributed by atoms with Crippen molar-refractivity contribution in [3.05, 3.63) is 0 Å². The van der Waals surface area contributed by atoms with Crippen LogP contribution in [0.15, 0.2) is 0 Å². The number of hydrogen-bond acceptors (Lipinski definition) is 9. The van der Waals surface area contributed by atoms with Gasteiger partial charge in [0.25, 0.3) is 0 Å². The van der Waals surface area contributed by atoms with Gasteiger partial charge in [-0.1, -0.05) is 117 Å². The average Bonchev–Trinajstić information content (AvgIpc) is 2.95. The zero-order valence-electron chi connectivity index (χ0n) is 26.1. The lowest BCUT2D eigenvalue weighted by atomic mass is 10.1. The second-order valence-electron chi connectivity index (χ2n) is 11.0. The molecule has 4 N–H and O–H groups in total. The minimum Gasteiger partial charge on any atom is -0.480 e. The molecule has 0 fully saturated rings. The summed E-state index contributed by atoms with van der Waals surface area (Å²) in [6, 6.07) is -1.51. The van der Waals surface area contributed by atoms with E-state index >= 15 is 0 Å². The molecule has 12 heteroatoms. The van der Waals surface area contributed by atoms with Gasteiger partial charge in [0, 0.05) is 12.8 Å². The quantitative estimate of drug-likeness (QED) is 0.0435. The minimum atomic E-state index is -4.69. The molecule has 1 unspecified atom stereocenters. The number of phosphoric acid groups is 1. The van der Waals surface area contributed by atoms with Crippen molar-refractivity contribution >= 4 is 25.7 Å². The first kappa shape index (κ1) is 40.5. The molecule has 0 aliphatic carbocycles. The Bertz CT molecular complexity index is 752. The van der Waals surface area contributed by atoms with E-state index in [9.17, 15) is 23.8 Å². The number of carboxylic acids is 1. The molecular weight excluding hydrogens is 565 g/mol. The zero-order chi connectivity index (χ0) is 31.5. The number of nitrogens with two attached hydrogens (primary N) is 1. The van der Waals surface area contributed by atoms with E-state index in [0.717, 1.165) is 38.5 Å². The summed E-state index contributed by atoms with van der Waals surface area (Å²) >= 11 is 0. The van der Waals surface area contributed by atoms with Gasteiger partial charge in [0.15, 0.2) is 6.10 Å². The molecule has 0 rings (SSSR count). The number of ether oxygens (including phenoxy) is 2. The highest BCUT2D eigenvalue weighted by atomic mass is 31.2. The van der Waals surface area contributed by atoms with Crippen LogP contribution in [0.2, 0.25) is 0 Å². The van der Waals surface area contributed by atoms with Crippen LogP contribution in [-0.4, -0.2) is 59.9 Å². The van der Waals surface area contributed by atoms with Gasteiger partial charge in [-0.25, -0.2) is 4.57 Å². The summed E-state index contributed by atoms with van der Waals surface area (Å²) in [7, 11) is -4.69. The maximum atomic E-state index is 12.4. The van der Waals surface area contributed by atoms with Crippen molar-refractivity contribution in [1.82, 2.24) is 0 Å². The Morgan fingerprint density at radius 1 is 0.643 bits per heavy atom. The van der Waals surface area contributed by atoms with Gasteiger partial charge in [-0.2, -0.15) is 0 Å². The third-order valence-electron chi connectivity index (χ3n) is 6.86. The summed E-state index contributed by atoms with van der Waals surface area (Å²) in [4.78, 5) is 45.3. The van der Waals surface area contributed by atoms with Crippen molar-refractivity contribution in [1.29, 1.82) is 0 Å². The van der Waals surface area contributed by atoms with Crippen LogP contribution in [0.4, 0.5) is 0 Å². The molecule has 11 nitrogen and oxygen atoms in total. The van der Waals surface area contributed by atoms with Gasteiger partial charge in [-0.3, -0.25) is 23.4 Å². The molecule has 0 aromatic heterocycles. The minimum absolute atomic E-state index is 0.167. The van der Waals surface area contributed by atoms with E-state index in [0.29, 0.717) is 12.8 Å². The van der Waals surface area contributed by atoms with Gasteiger partial charge in [0.1, 0.15) is 12.6 Å². The standard InChI is InChI=1S/C30H58NO10P/c1-3-5-7-9-11-12-13-14-16-18-20-22-29(33)41-26(24-39-42(36,37)40-25-27(31)30(34)35)23-38-28(32)21-19-17-15-10-8-6-4-2/h26-27H,3-25,31H2,1-2H3,(H,34,35)(H,36,37)/t26-,27+/m1/s1. The summed E-state index contributed by atoms with van der Waals surface area (Å²) < 4.78 is 32.3. The van der Waals surface area contributed by atoms with Crippen LogP contribution in [0.1, 0.15) is 142 Å². The Labute approximate surface area is 253 Å². The van der Waals surface area contributed by atoms with Crippen LogP contribution < -0.4 is 5.73 Å². The monoisotopic (exact) mass is 623 g/mol. The van der Waals surface area contributed by atoms with Crippen LogP contribution in [-0.2, 0) is 37.5 Å². The summed E-state index contributed by atoms with van der Waals surface area (Å²) in [6.45, 7) is 2.70. The number of carboxylic acid groups (broad SMARTS) is 1. The highest BCUT2D eigenvalue weighted by Gasteiger charge is 2.28. The molecule has 0 bridgehead atoms. The van der Waals surface area contributed by atoms with Crippen LogP contribution in [0.3, 0.4) is 0 Å². The van der Waals surface area contributed by atoms with E-state index < -0.39 is 51.1 Å². The predicted octanol–water partition coefficient (Wildman–Crippen LogP) is 6.83. The lowest BCUT2D eigenvalue weighted by Gasteiger charge is -2.20. The number of phosphoric ester groups is 1. The first-order valence-corrected chi connectivity index (χ1v) is 17.6. The van der Waals surface area contributed by atoms with E-state index in [4.69, 9.17) is 24.8 Å². The summed E-state index contributed by atoms with van der Waals surface area (Å²) in [6.07, 6.45) is 19.2. The second-order valence-corrected chi connectivity index (χ2v) is 12.4. The van der Waals surface area contributed by atoms with Crippen molar-refractivity contribution in [3.8, 4) is 0 Å². The van der Waals surface area contributed by atoms with Gasteiger partial charge < -0.3 is 25.2 Å². The molecule has 3 atom stereocenters. The van der Waals surface area contributed by atoms with E-state index in [1.807, 2.05) is 0 Å². The Balaban J connectivity index is 4.52. The number of unbranched alkanes of at least 4 members (excludes halogenated alkanes) is 16. The van der Waals surface area contributed by atoms with Crippen LogP contribution in [0, 0.1) is 0 Å². The molecule has 0 aliphatic heterocycles. The maximum Gasteiger partial charge on any atom is 0.472 e. The molecule has 0 aromatic rings. The van der Waals surface area contributed by atoms with Crippen molar-refractivity contribution in [2.45, 2.75) is 154 Å². The Hall–Kier alpha value is -1.52. The van der Waals surface area contributed by atoms with Gasteiger partial charge in [0.05, 0.1) is 13.2 Å². The number of aliphatic carboxylic acids is 1. The molecule has 0 heterocycles. The van der Waals surface area contributed by atoms with Crippen molar-refractivity contribution in [2.75, 3.05) is 19.8 Å². The number of carbonyl (C=O) groups excluding carboxylic acids is 2. The lowest BCUT2D eigenvalue weighted by molar-refractivity contribution is -0.161. The maximum absolute atomic E-state index is 12.4. The van der Waals surface area contributed by atoms with Crippen LogP contribution in [0.5, 0.6) is 0 Å². The fourth-order valence-electron chi connectivity index (χ4n) is 4.24. The molecule has 248 valence electrons. The number of esters is 2. The normalized spacial score (nSPS) is 14.2. The third kappa shape index (κ3) is 26.1. The highest BCUT2D eigenvalue weighted by molar-refractivity contribution is 7.47. The summed E-state index contributed by atoms with van der Waals surface area (Å²) in [5.41, 5.74) is 5.28. The Morgan fingerprint density at radius 3 is 1.50 bits per heavy atom. The smallest absolute Gasteiger partial charge is 0.472 e. The van der Waals surface area contributed by atoms with Gasteiger partial charge in [-0.15, -0.1) is 0 Å². The summed E-state index contributed by atoms with van der Waals surface area (Å²) in [5, 5.41) is 8.80. The number of rotatable bonds is 30. The average molecular weight is 624 g/mol. The zero-order valence-corrected chi connectivity index (χ0v) is 27.0. The van der Waals surface area contributed by atoms with Gasteiger partial charge >= 0.3 is 25.7 Å². The lowest BCUT2D eigenvalue weighted by Crippen LogP contribution is -2.34. The van der Waals surface area contributed by atoms with Crippen LogP contribution >= 0.6 is 7.82 Å². The highest BCUT2D eigenvalue weighted by Crippen LogP contribution is 2.43. The fraction of sp³-hybridized carbons (Fsp3) is 0.900. The molecule has 0 saturated carbocycles. The molecule has 42 heavy (non-hydrogen) atoms. The number of hydrogen-bond donors (Lipinski definition) is 3. The predicted molar refractivity (Wildman–Crippen MR) is 162 cm³/mol. The van der Waals surface area contributed by atoms with Crippen molar-refractivity contribution in [2.24, 2.45) is 5.73 Å². The molecule has 0 aromatic carbocycles. The van der Waals surface area contributed by atoms with Crippen molar-refractivity contribution in [3.63, 3.8) is 0 Å². The van der Waals surface area contributed by atoms with Crippen LogP contribution in [0.25, 0.3) is 0 Å². The molecule has 0 amide bonds. The van der Waals surface area contributed by atoms with E-state index in [1.165, 1.54) is 64.2 Å². The third-order valence-corrected chi connectivity index (χ3v) is 7.81. The Kier molecular flexibility index (Phi) is 26.1. The first-order valence-electron chi connectivity index (χ1n) is 16.1. The fourth-order valence-corrected chi connectivity index (χ4v) is 5.02. The first-order chi connectivity index (χ1) is 20.1. The second kappa shape index (κ2) is 27.1. The summed E-state index contributed by atoms with van der Waals surface area (Å²) in [5.74, 6) is -2.38. The van der Waals surface area contributed by atoms with E-state index in [-0.39, 0.29) is 19.4 Å². The van der Waals surface area contributed by atoms with E-state index in [2.05, 4.69) is 18.4 Å². The molecule has 0 saturated heterocycles. The van der Waals surface area contributed by atoms with Crippen molar-refractivity contribution < 1.29 is 47.5 Å². The molecular formula is C30H58NO10P. The molecule has 0 aliphatic rings. The van der Waals surface area contributed by atoms with Gasteiger partial charge in [-0.05, 0) is 12.8 Å². The number of carbonyl (C=O) groups is 3. The molecule has 0 spiro atoms. The topological polar surface area (TPSA) is 172 Å².